The van der Waals surface area contributed by atoms with Gasteiger partial charge in [-0.1, -0.05) is 18.2 Å². The molecule has 1 aromatic carbocycles. The molecule has 1 N–H and O–H groups in total. The number of aromatic nitrogens is 3. The van der Waals surface area contributed by atoms with Gasteiger partial charge in [-0.05, 0) is 36.4 Å². The molecule has 0 atom stereocenters. The molecule has 4 aromatic rings. The van der Waals surface area contributed by atoms with Crippen LogP contribution in [0.3, 0.4) is 0 Å². The number of thiazole rings is 1. The highest BCUT2D eigenvalue weighted by atomic mass is 32.1. The predicted octanol–water partition coefficient (Wildman–Crippen LogP) is 4.01. The fraction of sp³-hybridized carbons (Fsp3) is 0. The Morgan fingerprint density at radius 1 is 0.917 bits per heavy atom. The summed E-state index contributed by atoms with van der Waals surface area (Å²) in [4.78, 5) is 25.7. The van der Waals surface area contributed by atoms with Gasteiger partial charge < -0.3 is 5.32 Å². The maximum Gasteiger partial charge on any atom is 0.259 e. The average Bonchev–Trinajstić information content (AvgIpc) is 3.06. The minimum Gasteiger partial charge on any atom is -0.306 e. The zero-order valence-corrected chi connectivity index (χ0v) is 13.3. The first-order chi connectivity index (χ1) is 11.8. The molecule has 5 nitrogen and oxygen atoms in total. The molecule has 24 heavy (non-hydrogen) atoms. The van der Waals surface area contributed by atoms with Crippen molar-refractivity contribution in [3.8, 4) is 10.7 Å². The predicted molar refractivity (Wildman–Crippen MR) is 95.0 cm³/mol. The number of rotatable bonds is 3. The Balaban J connectivity index is 1.73. The van der Waals surface area contributed by atoms with Gasteiger partial charge in [0.1, 0.15) is 16.5 Å². The number of hydrogen-bond donors (Lipinski definition) is 1. The highest BCUT2D eigenvalue weighted by molar-refractivity contribution is 7.21. The first kappa shape index (κ1) is 14.5. The van der Waals surface area contributed by atoms with Crippen molar-refractivity contribution in [2.45, 2.75) is 0 Å². The molecule has 0 spiro atoms. The maximum absolute atomic E-state index is 12.6. The second kappa shape index (κ2) is 6.17. The molecule has 0 bridgehead atoms. The Bertz CT molecular complexity index is 981. The minimum absolute atomic E-state index is 0.254. The van der Waals surface area contributed by atoms with Crippen LogP contribution < -0.4 is 5.32 Å². The second-order valence-corrected chi connectivity index (χ2v) is 6.09. The van der Waals surface area contributed by atoms with Crippen LogP contribution in [0.15, 0.2) is 67.0 Å². The van der Waals surface area contributed by atoms with Crippen LogP contribution in [0, 0.1) is 0 Å². The highest BCUT2D eigenvalue weighted by Gasteiger charge is 2.17. The molecule has 6 heteroatoms. The summed E-state index contributed by atoms with van der Waals surface area (Å²) in [5.74, 6) is 0.248. The SMILES string of the molecule is O=C(Nc1ccccn1)c1cccnc1-c1nc2ccccc2s1. The van der Waals surface area contributed by atoms with Crippen LogP contribution in [0.25, 0.3) is 20.9 Å². The van der Waals surface area contributed by atoms with E-state index in [9.17, 15) is 4.79 Å². The molecular formula is C18H12N4OS. The van der Waals surface area contributed by atoms with Crippen LogP contribution in [0.1, 0.15) is 10.4 Å². The van der Waals surface area contributed by atoms with Crippen molar-refractivity contribution in [2.75, 3.05) is 5.32 Å². The lowest BCUT2D eigenvalue weighted by atomic mass is 10.2. The van der Waals surface area contributed by atoms with Crippen LogP contribution in [-0.2, 0) is 0 Å². The first-order valence-corrected chi connectivity index (χ1v) is 8.16. The fourth-order valence-electron chi connectivity index (χ4n) is 2.35. The molecule has 0 aliphatic heterocycles. The minimum atomic E-state index is -0.254. The molecule has 116 valence electrons. The van der Waals surface area contributed by atoms with E-state index < -0.39 is 0 Å². The van der Waals surface area contributed by atoms with Crippen molar-refractivity contribution < 1.29 is 4.79 Å². The number of anilines is 1. The van der Waals surface area contributed by atoms with E-state index in [0.29, 0.717) is 17.1 Å². The van der Waals surface area contributed by atoms with Crippen molar-refractivity contribution in [1.82, 2.24) is 15.0 Å². The molecule has 4 rings (SSSR count). The second-order valence-electron chi connectivity index (χ2n) is 5.06. The highest BCUT2D eigenvalue weighted by Crippen LogP contribution is 2.30. The van der Waals surface area contributed by atoms with E-state index in [1.54, 1.807) is 36.7 Å². The molecular weight excluding hydrogens is 320 g/mol. The molecule has 0 radical (unpaired) electrons. The van der Waals surface area contributed by atoms with Gasteiger partial charge in [0, 0.05) is 12.4 Å². The van der Waals surface area contributed by atoms with Gasteiger partial charge in [-0.15, -0.1) is 11.3 Å². The largest absolute Gasteiger partial charge is 0.306 e. The first-order valence-electron chi connectivity index (χ1n) is 7.34. The molecule has 0 unspecified atom stereocenters. The lowest BCUT2D eigenvalue weighted by Crippen LogP contribution is -2.14. The lowest BCUT2D eigenvalue weighted by Gasteiger charge is -2.07. The molecule has 0 fully saturated rings. The molecule has 0 aliphatic rings. The van der Waals surface area contributed by atoms with E-state index in [-0.39, 0.29) is 5.91 Å². The number of pyridine rings is 2. The van der Waals surface area contributed by atoms with Crippen molar-refractivity contribution in [2.24, 2.45) is 0 Å². The molecule has 0 saturated carbocycles. The fourth-order valence-corrected chi connectivity index (χ4v) is 3.33. The summed E-state index contributed by atoms with van der Waals surface area (Å²) in [7, 11) is 0. The zero-order chi connectivity index (χ0) is 16.4. The number of fused-ring (bicyclic) bond motifs is 1. The summed E-state index contributed by atoms with van der Waals surface area (Å²) in [6, 6.07) is 16.7. The third-order valence-corrected chi connectivity index (χ3v) is 4.50. The molecule has 3 heterocycles. The van der Waals surface area contributed by atoms with E-state index in [4.69, 9.17) is 0 Å². The van der Waals surface area contributed by atoms with Gasteiger partial charge in [-0.2, -0.15) is 0 Å². The van der Waals surface area contributed by atoms with Gasteiger partial charge in [0.25, 0.3) is 5.91 Å². The molecule has 1 amide bonds. The quantitative estimate of drug-likeness (QED) is 0.615. The Morgan fingerprint density at radius 2 is 1.75 bits per heavy atom. The van der Waals surface area contributed by atoms with E-state index in [1.807, 2.05) is 30.3 Å². The van der Waals surface area contributed by atoms with E-state index in [1.165, 1.54) is 11.3 Å². The number of hydrogen-bond acceptors (Lipinski definition) is 5. The number of benzene rings is 1. The van der Waals surface area contributed by atoms with Gasteiger partial charge in [0.2, 0.25) is 0 Å². The topological polar surface area (TPSA) is 67.8 Å². The van der Waals surface area contributed by atoms with Crippen LogP contribution in [0.2, 0.25) is 0 Å². The number of nitrogens with one attached hydrogen (secondary N) is 1. The Labute approximate surface area is 142 Å². The van der Waals surface area contributed by atoms with Gasteiger partial charge in [0.05, 0.1) is 15.8 Å². The number of nitrogens with zero attached hydrogens (tertiary/aromatic N) is 3. The van der Waals surface area contributed by atoms with Crippen LogP contribution in [0.5, 0.6) is 0 Å². The number of carbonyl (C=O) groups excluding carboxylic acids is 1. The monoisotopic (exact) mass is 332 g/mol. The standard InChI is InChI=1S/C18H12N4OS/c23-17(22-15-9-3-4-10-19-15)12-6-5-11-20-16(12)18-21-13-7-1-2-8-14(13)24-18/h1-11H,(H,19,22,23). The zero-order valence-electron chi connectivity index (χ0n) is 12.5. The van der Waals surface area contributed by atoms with E-state index in [2.05, 4.69) is 20.3 Å². The maximum atomic E-state index is 12.6. The Kier molecular flexibility index (Phi) is 3.72. The van der Waals surface area contributed by atoms with Crippen molar-refractivity contribution >= 4 is 33.3 Å². The number of carbonyl (C=O) groups is 1. The van der Waals surface area contributed by atoms with Crippen molar-refractivity contribution in [1.29, 1.82) is 0 Å². The summed E-state index contributed by atoms with van der Waals surface area (Å²) in [6.45, 7) is 0. The third-order valence-electron chi connectivity index (χ3n) is 3.46. The van der Waals surface area contributed by atoms with Crippen molar-refractivity contribution in [3.05, 3.63) is 72.6 Å². The van der Waals surface area contributed by atoms with E-state index in [0.717, 1.165) is 15.2 Å². The van der Waals surface area contributed by atoms with Crippen LogP contribution in [-0.4, -0.2) is 20.9 Å². The van der Waals surface area contributed by atoms with Gasteiger partial charge in [-0.25, -0.2) is 9.97 Å². The van der Waals surface area contributed by atoms with Crippen LogP contribution >= 0.6 is 11.3 Å². The van der Waals surface area contributed by atoms with Gasteiger partial charge >= 0.3 is 0 Å². The normalized spacial score (nSPS) is 10.7. The number of amides is 1. The van der Waals surface area contributed by atoms with E-state index >= 15 is 0 Å². The summed E-state index contributed by atoms with van der Waals surface area (Å²) in [5.41, 5.74) is 1.95. The Hall–Kier alpha value is -3.12. The van der Waals surface area contributed by atoms with Crippen LogP contribution in [0.4, 0.5) is 5.82 Å². The van der Waals surface area contributed by atoms with Gasteiger partial charge in [-0.3, -0.25) is 9.78 Å². The summed E-state index contributed by atoms with van der Waals surface area (Å²) in [6.07, 6.45) is 3.30. The smallest absolute Gasteiger partial charge is 0.259 e. The Morgan fingerprint density at radius 3 is 2.58 bits per heavy atom. The molecule has 0 aliphatic carbocycles. The summed E-state index contributed by atoms with van der Waals surface area (Å²) in [5, 5.41) is 3.51. The summed E-state index contributed by atoms with van der Waals surface area (Å²) >= 11 is 1.52. The number of para-hydroxylation sites is 1. The van der Waals surface area contributed by atoms with Crippen molar-refractivity contribution in [3.63, 3.8) is 0 Å². The third kappa shape index (κ3) is 2.75. The molecule has 3 aromatic heterocycles. The van der Waals surface area contributed by atoms with Gasteiger partial charge in [0.15, 0.2) is 0 Å². The average molecular weight is 332 g/mol. The summed E-state index contributed by atoms with van der Waals surface area (Å²) < 4.78 is 1.06. The molecule has 0 saturated heterocycles. The lowest BCUT2D eigenvalue weighted by molar-refractivity contribution is 0.102.